The van der Waals surface area contributed by atoms with Crippen molar-refractivity contribution in [3.63, 3.8) is 0 Å². The third-order valence-corrected chi connectivity index (χ3v) is 3.20. The molecule has 1 heterocycles. The second-order valence-corrected chi connectivity index (χ2v) is 4.16. The van der Waals surface area contributed by atoms with Gasteiger partial charge in [-0.3, -0.25) is 4.68 Å². The van der Waals surface area contributed by atoms with Crippen molar-refractivity contribution in [2.24, 2.45) is 7.05 Å². The van der Waals surface area contributed by atoms with Crippen molar-refractivity contribution in [2.45, 2.75) is 18.1 Å². The Bertz CT molecular complexity index is 383. The minimum Gasteiger partial charge on any atom is -0.394 e. The van der Waals surface area contributed by atoms with E-state index in [2.05, 4.69) is 11.2 Å². The summed E-state index contributed by atoms with van der Waals surface area (Å²) < 4.78 is 1.61. The smallest absolute Gasteiger partial charge is 0.112 e. The van der Waals surface area contributed by atoms with Crippen LogP contribution in [0.2, 0.25) is 0 Å². The molecule has 0 aliphatic carbocycles. The molecule has 1 rings (SSSR count). The first-order chi connectivity index (χ1) is 7.10. The molecule has 82 valence electrons. The third-order valence-electron chi connectivity index (χ3n) is 1.90. The fourth-order valence-electron chi connectivity index (χ4n) is 1.16. The standard InChI is InChI=1S/C9H13N3O2S/c1-6-8(3-10)9(12(2)11-6)15-5-7(14)4-13/h7,13-14H,4-5H2,1-2H3. The van der Waals surface area contributed by atoms with Gasteiger partial charge in [-0.2, -0.15) is 10.4 Å². The van der Waals surface area contributed by atoms with Crippen molar-refractivity contribution in [1.82, 2.24) is 9.78 Å². The van der Waals surface area contributed by atoms with Crippen LogP contribution in [0.4, 0.5) is 0 Å². The largest absolute Gasteiger partial charge is 0.394 e. The van der Waals surface area contributed by atoms with E-state index in [1.165, 1.54) is 11.8 Å². The van der Waals surface area contributed by atoms with E-state index in [0.29, 0.717) is 17.0 Å². The van der Waals surface area contributed by atoms with Crippen molar-refractivity contribution in [3.05, 3.63) is 11.3 Å². The number of aromatic nitrogens is 2. The maximum Gasteiger partial charge on any atom is 0.112 e. The van der Waals surface area contributed by atoms with Gasteiger partial charge in [-0.25, -0.2) is 0 Å². The number of rotatable bonds is 4. The first-order valence-corrected chi connectivity index (χ1v) is 5.44. The van der Waals surface area contributed by atoms with Crippen LogP contribution in [0.15, 0.2) is 5.03 Å². The predicted octanol–water partition coefficient (Wildman–Crippen LogP) is 0.0455. The Labute approximate surface area is 92.3 Å². The van der Waals surface area contributed by atoms with Crippen LogP contribution < -0.4 is 0 Å². The van der Waals surface area contributed by atoms with Crippen LogP contribution in [-0.2, 0) is 7.05 Å². The van der Waals surface area contributed by atoms with Gasteiger partial charge in [0.2, 0.25) is 0 Å². The lowest BCUT2D eigenvalue weighted by Crippen LogP contribution is -2.15. The minimum absolute atomic E-state index is 0.272. The van der Waals surface area contributed by atoms with Crippen LogP contribution in [-0.4, -0.2) is 38.5 Å². The first kappa shape index (κ1) is 12.0. The molecule has 1 atom stereocenters. The summed E-state index contributed by atoms with van der Waals surface area (Å²) in [5.41, 5.74) is 1.22. The number of nitriles is 1. The third kappa shape index (κ3) is 2.72. The molecular formula is C9H13N3O2S. The van der Waals surface area contributed by atoms with E-state index in [1.54, 1.807) is 18.7 Å². The Hall–Kier alpha value is -1.03. The Morgan fingerprint density at radius 2 is 2.33 bits per heavy atom. The van der Waals surface area contributed by atoms with E-state index in [1.807, 2.05) is 0 Å². The van der Waals surface area contributed by atoms with Crippen LogP contribution in [0.25, 0.3) is 0 Å². The molecule has 5 nitrogen and oxygen atoms in total. The van der Waals surface area contributed by atoms with Crippen molar-refractivity contribution in [1.29, 1.82) is 5.26 Å². The molecule has 1 aromatic heterocycles. The second-order valence-electron chi connectivity index (χ2n) is 3.15. The second kappa shape index (κ2) is 5.16. The van der Waals surface area contributed by atoms with Crippen molar-refractivity contribution < 1.29 is 10.2 Å². The highest BCUT2D eigenvalue weighted by atomic mass is 32.2. The Morgan fingerprint density at radius 1 is 1.67 bits per heavy atom. The number of aliphatic hydroxyl groups excluding tert-OH is 2. The SMILES string of the molecule is Cc1nn(C)c(SCC(O)CO)c1C#N. The molecule has 2 N–H and O–H groups in total. The van der Waals surface area contributed by atoms with Gasteiger partial charge in [0.15, 0.2) is 0 Å². The number of aryl methyl sites for hydroxylation is 2. The van der Waals surface area contributed by atoms with Crippen molar-refractivity contribution >= 4 is 11.8 Å². The number of thioether (sulfide) groups is 1. The van der Waals surface area contributed by atoms with Gasteiger partial charge >= 0.3 is 0 Å². The van der Waals surface area contributed by atoms with E-state index in [4.69, 9.17) is 10.4 Å². The fourth-order valence-corrected chi connectivity index (χ4v) is 2.18. The van der Waals surface area contributed by atoms with Crippen LogP contribution in [0.5, 0.6) is 0 Å². The first-order valence-electron chi connectivity index (χ1n) is 4.45. The average molecular weight is 227 g/mol. The molecule has 0 aliphatic rings. The molecule has 0 bridgehead atoms. The van der Waals surface area contributed by atoms with Gasteiger partial charge in [-0.15, -0.1) is 11.8 Å². The molecule has 0 radical (unpaired) electrons. The van der Waals surface area contributed by atoms with Crippen LogP contribution in [0.3, 0.4) is 0 Å². The predicted molar refractivity (Wildman–Crippen MR) is 56.5 cm³/mol. The van der Waals surface area contributed by atoms with E-state index in [0.717, 1.165) is 5.03 Å². The van der Waals surface area contributed by atoms with Gasteiger partial charge in [-0.1, -0.05) is 0 Å². The van der Waals surface area contributed by atoms with Gasteiger partial charge in [-0.05, 0) is 6.92 Å². The van der Waals surface area contributed by atoms with E-state index < -0.39 is 6.10 Å². The lowest BCUT2D eigenvalue weighted by Gasteiger charge is -2.06. The summed E-state index contributed by atoms with van der Waals surface area (Å²) in [6.07, 6.45) is -0.767. The van der Waals surface area contributed by atoms with E-state index in [-0.39, 0.29) is 6.61 Å². The number of aliphatic hydroxyl groups is 2. The summed E-state index contributed by atoms with van der Waals surface area (Å²) in [4.78, 5) is 0. The molecule has 0 fully saturated rings. The number of nitrogens with zero attached hydrogens (tertiary/aromatic N) is 3. The maximum absolute atomic E-state index is 9.20. The zero-order valence-electron chi connectivity index (χ0n) is 8.64. The van der Waals surface area contributed by atoms with Crippen LogP contribution in [0, 0.1) is 18.3 Å². The van der Waals surface area contributed by atoms with Crippen LogP contribution in [0.1, 0.15) is 11.3 Å². The Kier molecular flexibility index (Phi) is 4.15. The fraction of sp³-hybridized carbons (Fsp3) is 0.556. The Balaban J connectivity index is 2.81. The van der Waals surface area contributed by atoms with Gasteiger partial charge in [0, 0.05) is 12.8 Å². The van der Waals surface area contributed by atoms with E-state index in [9.17, 15) is 5.11 Å². The number of hydrogen-bond donors (Lipinski definition) is 2. The van der Waals surface area contributed by atoms with Crippen molar-refractivity contribution in [2.75, 3.05) is 12.4 Å². The monoisotopic (exact) mass is 227 g/mol. The lowest BCUT2D eigenvalue weighted by molar-refractivity contribution is 0.113. The minimum atomic E-state index is -0.767. The van der Waals surface area contributed by atoms with Gasteiger partial charge in [0.1, 0.15) is 16.7 Å². The molecular weight excluding hydrogens is 214 g/mol. The molecule has 0 aliphatic heterocycles. The average Bonchev–Trinajstić information content (AvgIpc) is 2.49. The zero-order chi connectivity index (χ0) is 11.4. The summed E-state index contributed by atoms with van der Waals surface area (Å²) in [5.74, 6) is 0.351. The van der Waals surface area contributed by atoms with Gasteiger partial charge in [0.25, 0.3) is 0 Å². The van der Waals surface area contributed by atoms with Crippen molar-refractivity contribution in [3.8, 4) is 6.07 Å². The lowest BCUT2D eigenvalue weighted by atomic mass is 10.3. The highest BCUT2D eigenvalue weighted by Crippen LogP contribution is 2.24. The summed E-state index contributed by atoms with van der Waals surface area (Å²) in [6, 6.07) is 2.08. The normalized spacial score (nSPS) is 12.5. The molecule has 15 heavy (non-hydrogen) atoms. The maximum atomic E-state index is 9.20. The van der Waals surface area contributed by atoms with E-state index >= 15 is 0 Å². The molecule has 1 aromatic rings. The molecule has 1 unspecified atom stereocenters. The topological polar surface area (TPSA) is 82.1 Å². The molecule has 0 aromatic carbocycles. The summed E-state index contributed by atoms with van der Waals surface area (Å²) in [6.45, 7) is 1.50. The highest BCUT2D eigenvalue weighted by molar-refractivity contribution is 7.99. The zero-order valence-corrected chi connectivity index (χ0v) is 9.45. The summed E-state index contributed by atoms with van der Waals surface area (Å²) in [7, 11) is 1.75. The number of hydrogen-bond acceptors (Lipinski definition) is 5. The molecule has 0 spiro atoms. The molecule has 0 saturated carbocycles. The molecule has 6 heteroatoms. The highest BCUT2D eigenvalue weighted by Gasteiger charge is 2.14. The van der Waals surface area contributed by atoms with Gasteiger partial charge in [0.05, 0.1) is 18.4 Å². The molecule has 0 amide bonds. The molecule has 0 saturated heterocycles. The quantitative estimate of drug-likeness (QED) is 0.710. The summed E-state index contributed by atoms with van der Waals surface area (Å²) >= 11 is 1.32. The summed E-state index contributed by atoms with van der Waals surface area (Å²) in [5, 5.41) is 31.6. The van der Waals surface area contributed by atoms with Crippen LogP contribution >= 0.6 is 11.8 Å². The Morgan fingerprint density at radius 3 is 2.87 bits per heavy atom. The van der Waals surface area contributed by atoms with Gasteiger partial charge < -0.3 is 10.2 Å².